The van der Waals surface area contributed by atoms with Gasteiger partial charge in [0.15, 0.2) is 11.9 Å². The van der Waals surface area contributed by atoms with E-state index in [1.54, 1.807) is 0 Å². The van der Waals surface area contributed by atoms with Gasteiger partial charge in [-0.1, -0.05) is 35.9 Å². The summed E-state index contributed by atoms with van der Waals surface area (Å²) in [5.41, 5.74) is 0. The van der Waals surface area contributed by atoms with Gasteiger partial charge in [0.2, 0.25) is 0 Å². The third-order valence-corrected chi connectivity index (χ3v) is 3.84. The van der Waals surface area contributed by atoms with Gasteiger partial charge < -0.3 is 9.47 Å². The summed E-state index contributed by atoms with van der Waals surface area (Å²) in [6, 6.07) is 11.5. The van der Waals surface area contributed by atoms with E-state index in [1.807, 2.05) is 43.3 Å². The minimum Gasteiger partial charge on any atom is -0.486 e. The molecule has 3 rings (SSSR count). The van der Waals surface area contributed by atoms with Gasteiger partial charge in [0.05, 0.1) is 0 Å². The van der Waals surface area contributed by atoms with E-state index in [2.05, 4.69) is 0 Å². The van der Waals surface area contributed by atoms with Crippen molar-refractivity contribution in [1.29, 1.82) is 0 Å². The molecule has 1 aliphatic carbocycles. The predicted molar refractivity (Wildman–Crippen MR) is 78.4 cm³/mol. The Morgan fingerprint density at radius 1 is 1.20 bits per heavy atom. The van der Waals surface area contributed by atoms with Gasteiger partial charge in [0.25, 0.3) is 0 Å². The molecule has 0 radical (unpaired) electrons. The Balaban J connectivity index is 1.88. The quantitative estimate of drug-likeness (QED) is 0.863. The van der Waals surface area contributed by atoms with Crippen LogP contribution in [0.1, 0.15) is 13.3 Å². The molecule has 1 aliphatic rings. The van der Waals surface area contributed by atoms with E-state index in [4.69, 9.17) is 21.1 Å². The Morgan fingerprint density at radius 3 is 2.65 bits per heavy atom. The van der Waals surface area contributed by atoms with E-state index in [1.165, 1.54) is 0 Å². The smallest absolute Gasteiger partial charge is 0.169 e. The lowest BCUT2D eigenvalue weighted by Gasteiger charge is -2.34. The van der Waals surface area contributed by atoms with Crippen molar-refractivity contribution in [3.05, 3.63) is 41.4 Å². The van der Waals surface area contributed by atoms with E-state index in [0.29, 0.717) is 18.1 Å². The van der Waals surface area contributed by atoms with Crippen molar-refractivity contribution in [2.75, 3.05) is 6.61 Å². The number of fused-ring (bicyclic) bond motifs is 1. The van der Waals surface area contributed by atoms with Crippen LogP contribution in [0, 0.1) is 0 Å². The average molecular weight is 291 g/mol. The summed E-state index contributed by atoms with van der Waals surface area (Å²) < 4.78 is 11.4. The van der Waals surface area contributed by atoms with Gasteiger partial charge in [-0.2, -0.15) is 0 Å². The van der Waals surface area contributed by atoms with E-state index in [-0.39, 0.29) is 11.9 Å². The number of hydrogen-bond acceptors (Lipinski definition) is 3. The first-order valence-corrected chi connectivity index (χ1v) is 7.06. The second-order valence-corrected chi connectivity index (χ2v) is 5.20. The zero-order chi connectivity index (χ0) is 14.1. The van der Waals surface area contributed by atoms with Crippen LogP contribution >= 0.6 is 11.6 Å². The molecule has 0 spiro atoms. The maximum atomic E-state index is 11.5. The molecule has 0 heterocycles. The predicted octanol–water partition coefficient (Wildman–Crippen LogP) is 3.62. The van der Waals surface area contributed by atoms with Crippen LogP contribution in [-0.4, -0.2) is 24.6 Å². The van der Waals surface area contributed by atoms with Crippen molar-refractivity contribution in [3.63, 3.8) is 0 Å². The first-order chi connectivity index (χ1) is 9.70. The molecule has 0 amide bonds. The van der Waals surface area contributed by atoms with Gasteiger partial charge in [-0.05, 0) is 19.1 Å². The highest BCUT2D eigenvalue weighted by Gasteiger charge is 2.42. The van der Waals surface area contributed by atoms with Crippen molar-refractivity contribution < 1.29 is 14.3 Å². The normalized spacial score (nSPS) is 21.8. The molecule has 2 aromatic rings. The molecule has 0 saturated heterocycles. The number of carbonyl (C=O) groups excluding carboxylic acids is 1. The van der Waals surface area contributed by atoms with E-state index < -0.39 is 6.10 Å². The lowest BCUT2D eigenvalue weighted by molar-refractivity contribution is -0.154. The Bertz CT molecular complexity index is 653. The second kappa shape index (κ2) is 5.43. The van der Waals surface area contributed by atoms with Crippen LogP contribution in [-0.2, 0) is 9.53 Å². The minimum atomic E-state index is -0.436. The molecule has 4 heteroatoms. The van der Waals surface area contributed by atoms with E-state index in [0.717, 1.165) is 16.5 Å². The highest BCUT2D eigenvalue weighted by atomic mass is 35.5. The molecular formula is C16H15ClO3. The number of carbonyl (C=O) groups is 1. The zero-order valence-electron chi connectivity index (χ0n) is 11.1. The number of ketones is 1. The van der Waals surface area contributed by atoms with Crippen LogP contribution in [0.4, 0.5) is 0 Å². The highest BCUT2D eigenvalue weighted by Crippen LogP contribution is 2.34. The third kappa shape index (κ3) is 2.28. The van der Waals surface area contributed by atoms with Crippen LogP contribution in [0.2, 0.25) is 5.02 Å². The van der Waals surface area contributed by atoms with Crippen molar-refractivity contribution in [2.45, 2.75) is 25.6 Å². The number of ether oxygens (including phenoxy) is 2. The van der Waals surface area contributed by atoms with Gasteiger partial charge in [-0.25, -0.2) is 0 Å². The fourth-order valence-electron chi connectivity index (χ4n) is 2.45. The van der Waals surface area contributed by atoms with Crippen LogP contribution < -0.4 is 4.74 Å². The van der Waals surface area contributed by atoms with Gasteiger partial charge in [0, 0.05) is 28.8 Å². The molecule has 0 aliphatic heterocycles. The number of hydrogen-bond donors (Lipinski definition) is 0. The fraction of sp³-hybridized carbons (Fsp3) is 0.312. The summed E-state index contributed by atoms with van der Waals surface area (Å²) in [7, 11) is 0. The minimum absolute atomic E-state index is 0.107. The third-order valence-electron chi connectivity index (χ3n) is 3.51. The highest BCUT2D eigenvalue weighted by molar-refractivity contribution is 6.35. The standard InChI is InChI=1S/C16H15ClO3/c1-2-19-16-13(18)9-15(16)20-14-8-7-12(17)10-5-3-4-6-11(10)14/h3-8,15-16H,2,9H2,1H3. The zero-order valence-corrected chi connectivity index (χ0v) is 11.9. The molecule has 0 aromatic heterocycles. The molecule has 104 valence electrons. The summed E-state index contributed by atoms with van der Waals surface area (Å²) in [5, 5.41) is 2.60. The molecule has 1 saturated carbocycles. The Kier molecular flexibility index (Phi) is 3.64. The molecular weight excluding hydrogens is 276 g/mol. The van der Waals surface area contributed by atoms with E-state index in [9.17, 15) is 4.79 Å². The summed E-state index contributed by atoms with van der Waals surface area (Å²) >= 11 is 6.18. The van der Waals surface area contributed by atoms with Gasteiger partial charge in [-0.15, -0.1) is 0 Å². The fourth-order valence-corrected chi connectivity index (χ4v) is 2.68. The molecule has 0 N–H and O–H groups in total. The molecule has 1 fully saturated rings. The summed E-state index contributed by atoms with van der Waals surface area (Å²) in [4.78, 5) is 11.5. The van der Waals surface area contributed by atoms with Gasteiger partial charge >= 0.3 is 0 Å². The van der Waals surface area contributed by atoms with Gasteiger partial charge in [0.1, 0.15) is 11.9 Å². The monoisotopic (exact) mass is 290 g/mol. The lowest BCUT2D eigenvalue weighted by Crippen LogP contribution is -2.52. The Hall–Kier alpha value is -1.58. The SMILES string of the molecule is CCOC1C(=O)CC1Oc1ccc(Cl)c2ccccc12. The summed E-state index contributed by atoms with van der Waals surface area (Å²) in [5.74, 6) is 0.849. The van der Waals surface area contributed by atoms with Crippen molar-refractivity contribution in [1.82, 2.24) is 0 Å². The summed E-state index contributed by atoms with van der Waals surface area (Å²) in [6.07, 6.45) is -0.233. The molecule has 2 unspecified atom stereocenters. The molecule has 20 heavy (non-hydrogen) atoms. The number of rotatable bonds is 4. The molecule has 3 nitrogen and oxygen atoms in total. The Labute approximate surface area is 122 Å². The number of benzene rings is 2. The maximum Gasteiger partial charge on any atom is 0.169 e. The first kappa shape index (κ1) is 13.4. The molecule has 2 atom stereocenters. The molecule has 0 bridgehead atoms. The topological polar surface area (TPSA) is 35.5 Å². The lowest BCUT2D eigenvalue weighted by atomic mass is 9.90. The number of Topliss-reactive ketones (excluding diaryl/α,β-unsaturated/α-hetero) is 1. The summed E-state index contributed by atoms with van der Waals surface area (Å²) in [6.45, 7) is 2.39. The Morgan fingerprint density at radius 2 is 1.95 bits per heavy atom. The first-order valence-electron chi connectivity index (χ1n) is 6.69. The van der Waals surface area contributed by atoms with Crippen molar-refractivity contribution in [2.24, 2.45) is 0 Å². The van der Waals surface area contributed by atoms with Crippen LogP contribution in [0.3, 0.4) is 0 Å². The second-order valence-electron chi connectivity index (χ2n) is 4.79. The van der Waals surface area contributed by atoms with Gasteiger partial charge in [-0.3, -0.25) is 4.79 Å². The molecule has 2 aromatic carbocycles. The van der Waals surface area contributed by atoms with Crippen molar-refractivity contribution >= 4 is 28.2 Å². The largest absolute Gasteiger partial charge is 0.486 e. The average Bonchev–Trinajstić information content (AvgIpc) is 2.47. The van der Waals surface area contributed by atoms with E-state index >= 15 is 0 Å². The number of halogens is 1. The van der Waals surface area contributed by atoms with Crippen LogP contribution in [0.15, 0.2) is 36.4 Å². The van der Waals surface area contributed by atoms with Crippen LogP contribution in [0.25, 0.3) is 10.8 Å². The van der Waals surface area contributed by atoms with Crippen molar-refractivity contribution in [3.8, 4) is 5.75 Å². The maximum absolute atomic E-state index is 11.5. The van der Waals surface area contributed by atoms with Crippen LogP contribution in [0.5, 0.6) is 5.75 Å².